The van der Waals surface area contributed by atoms with Crippen molar-refractivity contribution in [2.45, 2.75) is 25.7 Å². The van der Waals surface area contributed by atoms with Crippen LogP contribution in [0.4, 0.5) is 0 Å². The van der Waals surface area contributed by atoms with Gasteiger partial charge in [0, 0.05) is 13.0 Å². The highest BCUT2D eigenvalue weighted by Gasteiger charge is 2.32. The molecule has 1 aliphatic rings. The van der Waals surface area contributed by atoms with E-state index in [-0.39, 0.29) is 0 Å². The molecule has 3 nitrogen and oxygen atoms in total. The Labute approximate surface area is 54.6 Å². The van der Waals surface area contributed by atoms with Crippen LogP contribution >= 0.6 is 0 Å². The van der Waals surface area contributed by atoms with Crippen molar-refractivity contribution in [1.82, 2.24) is 0 Å². The SMILES string of the molecule is CCO[C@@]1(O)CCCO1. The maximum Gasteiger partial charge on any atom is 0.280 e. The molecule has 1 rings (SSSR count). The number of rotatable bonds is 2. The zero-order chi connectivity index (χ0) is 6.74. The summed E-state index contributed by atoms with van der Waals surface area (Å²) < 4.78 is 9.84. The van der Waals surface area contributed by atoms with Gasteiger partial charge in [-0.1, -0.05) is 0 Å². The van der Waals surface area contributed by atoms with Crippen molar-refractivity contribution in [3.8, 4) is 0 Å². The van der Waals surface area contributed by atoms with Gasteiger partial charge in [0.25, 0.3) is 5.97 Å². The Balaban J connectivity index is 2.32. The minimum atomic E-state index is -1.26. The van der Waals surface area contributed by atoms with Gasteiger partial charge < -0.3 is 14.6 Å². The van der Waals surface area contributed by atoms with Gasteiger partial charge in [-0.3, -0.25) is 0 Å². The molecule has 0 aliphatic carbocycles. The van der Waals surface area contributed by atoms with Gasteiger partial charge in [0.05, 0.1) is 6.61 Å². The number of hydrogen-bond acceptors (Lipinski definition) is 3. The van der Waals surface area contributed by atoms with Crippen LogP contribution in [-0.2, 0) is 9.47 Å². The van der Waals surface area contributed by atoms with E-state index in [2.05, 4.69) is 0 Å². The molecular formula is C6H12O3. The van der Waals surface area contributed by atoms with Crippen LogP contribution in [0.15, 0.2) is 0 Å². The molecule has 1 N–H and O–H groups in total. The summed E-state index contributed by atoms with van der Waals surface area (Å²) in [6, 6.07) is 0. The van der Waals surface area contributed by atoms with Gasteiger partial charge >= 0.3 is 0 Å². The molecule has 0 unspecified atom stereocenters. The Bertz CT molecular complexity index is 86.3. The minimum absolute atomic E-state index is 0.497. The van der Waals surface area contributed by atoms with Crippen LogP contribution in [0.1, 0.15) is 19.8 Å². The Morgan fingerprint density at radius 2 is 2.56 bits per heavy atom. The molecule has 3 heteroatoms. The second kappa shape index (κ2) is 2.64. The molecule has 0 aromatic heterocycles. The predicted molar refractivity (Wildman–Crippen MR) is 31.8 cm³/mol. The first-order valence-corrected chi connectivity index (χ1v) is 3.27. The summed E-state index contributed by atoms with van der Waals surface area (Å²) in [5.74, 6) is -1.26. The van der Waals surface area contributed by atoms with Crippen molar-refractivity contribution in [2.75, 3.05) is 13.2 Å². The van der Waals surface area contributed by atoms with E-state index in [1.165, 1.54) is 0 Å². The lowest BCUT2D eigenvalue weighted by molar-refractivity contribution is -0.336. The van der Waals surface area contributed by atoms with E-state index in [0.717, 1.165) is 6.42 Å². The van der Waals surface area contributed by atoms with Crippen molar-refractivity contribution >= 4 is 0 Å². The van der Waals surface area contributed by atoms with Crippen molar-refractivity contribution in [3.05, 3.63) is 0 Å². The predicted octanol–water partition coefficient (Wildman–Crippen LogP) is 0.479. The number of ether oxygens (including phenoxy) is 2. The van der Waals surface area contributed by atoms with Crippen LogP contribution in [-0.4, -0.2) is 24.3 Å². The average molecular weight is 132 g/mol. The zero-order valence-electron chi connectivity index (χ0n) is 5.59. The summed E-state index contributed by atoms with van der Waals surface area (Å²) in [6.45, 7) is 2.94. The topological polar surface area (TPSA) is 38.7 Å². The van der Waals surface area contributed by atoms with Gasteiger partial charge in [-0.2, -0.15) is 0 Å². The largest absolute Gasteiger partial charge is 0.343 e. The summed E-state index contributed by atoms with van der Waals surface area (Å²) >= 11 is 0. The minimum Gasteiger partial charge on any atom is -0.343 e. The molecule has 1 heterocycles. The molecule has 0 saturated carbocycles. The van der Waals surface area contributed by atoms with Gasteiger partial charge in [0.1, 0.15) is 0 Å². The molecule has 0 spiro atoms. The van der Waals surface area contributed by atoms with Crippen LogP contribution in [0.2, 0.25) is 0 Å². The van der Waals surface area contributed by atoms with Gasteiger partial charge in [-0.05, 0) is 13.3 Å². The standard InChI is InChI=1S/C6H12O3/c1-2-8-6(7)4-3-5-9-6/h7H,2-5H2,1H3/t6-/m0/s1. The third-order valence-electron chi connectivity index (χ3n) is 1.33. The maximum atomic E-state index is 9.25. The van der Waals surface area contributed by atoms with E-state index in [0.29, 0.717) is 19.6 Å². The Morgan fingerprint density at radius 3 is 3.00 bits per heavy atom. The molecule has 1 saturated heterocycles. The molecule has 1 atom stereocenters. The average Bonchev–Trinajstić information content (AvgIpc) is 2.16. The van der Waals surface area contributed by atoms with Gasteiger partial charge in [0.15, 0.2) is 0 Å². The van der Waals surface area contributed by atoms with Crippen LogP contribution in [0.25, 0.3) is 0 Å². The number of aliphatic hydroxyl groups is 1. The van der Waals surface area contributed by atoms with Gasteiger partial charge in [0.2, 0.25) is 0 Å². The molecule has 9 heavy (non-hydrogen) atoms. The van der Waals surface area contributed by atoms with Crippen molar-refractivity contribution < 1.29 is 14.6 Å². The summed E-state index contributed by atoms with van der Waals surface area (Å²) in [7, 11) is 0. The van der Waals surface area contributed by atoms with Crippen LogP contribution in [0.3, 0.4) is 0 Å². The first kappa shape index (κ1) is 6.99. The highest BCUT2D eigenvalue weighted by Crippen LogP contribution is 2.23. The Hall–Kier alpha value is -0.120. The fourth-order valence-corrected chi connectivity index (χ4v) is 0.939. The van der Waals surface area contributed by atoms with E-state index in [1.807, 2.05) is 6.92 Å². The lowest BCUT2D eigenvalue weighted by atomic mass is 10.3. The van der Waals surface area contributed by atoms with E-state index < -0.39 is 5.97 Å². The van der Waals surface area contributed by atoms with Gasteiger partial charge in [-0.15, -0.1) is 0 Å². The molecule has 1 aliphatic heterocycles. The summed E-state index contributed by atoms with van der Waals surface area (Å²) in [5.41, 5.74) is 0. The van der Waals surface area contributed by atoms with E-state index in [4.69, 9.17) is 9.47 Å². The maximum absolute atomic E-state index is 9.25. The monoisotopic (exact) mass is 132 g/mol. The Morgan fingerprint density at radius 1 is 1.78 bits per heavy atom. The van der Waals surface area contributed by atoms with E-state index >= 15 is 0 Å². The van der Waals surface area contributed by atoms with E-state index in [9.17, 15) is 5.11 Å². The lowest BCUT2D eigenvalue weighted by Crippen LogP contribution is -2.30. The first-order valence-electron chi connectivity index (χ1n) is 3.27. The number of hydrogen-bond donors (Lipinski definition) is 1. The summed E-state index contributed by atoms with van der Waals surface area (Å²) in [6.07, 6.45) is 1.48. The quantitative estimate of drug-likeness (QED) is 0.555. The molecular weight excluding hydrogens is 120 g/mol. The summed E-state index contributed by atoms with van der Waals surface area (Å²) in [5, 5.41) is 9.25. The molecule has 54 valence electrons. The molecule has 1 fully saturated rings. The molecule has 0 radical (unpaired) electrons. The van der Waals surface area contributed by atoms with Crippen molar-refractivity contribution in [3.63, 3.8) is 0 Å². The van der Waals surface area contributed by atoms with Crippen LogP contribution in [0, 0.1) is 0 Å². The molecule has 0 bridgehead atoms. The second-order valence-electron chi connectivity index (χ2n) is 2.10. The van der Waals surface area contributed by atoms with Crippen LogP contribution in [0.5, 0.6) is 0 Å². The second-order valence-corrected chi connectivity index (χ2v) is 2.10. The van der Waals surface area contributed by atoms with Crippen molar-refractivity contribution in [2.24, 2.45) is 0 Å². The fourth-order valence-electron chi connectivity index (χ4n) is 0.939. The molecule has 0 aromatic carbocycles. The van der Waals surface area contributed by atoms with Crippen molar-refractivity contribution in [1.29, 1.82) is 0 Å². The molecule has 0 amide bonds. The Kier molecular flexibility index (Phi) is 2.05. The third kappa shape index (κ3) is 1.64. The fraction of sp³-hybridized carbons (Fsp3) is 1.00. The first-order chi connectivity index (χ1) is 4.27. The summed E-state index contributed by atoms with van der Waals surface area (Å²) in [4.78, 5) is 0. The highest BCUT2D eigenvalue weighted by molar-refractivity contribution is 4.61. The lowest BCUT2D eigenvalue weighted by Gasteiger charge is -2.19. The van der Waals surface area contributed by atoms with Crippen LogP contribution < -0.4 is 0 Å². The molecule has 0 aromatic rings. The van der Waals surface area contributed by atoms with E-state index in [1.54, 1.807) is 0 Å². The highest BCUT2D eigenvalue weighted by atomic mass is 16.8. The zero-order valence-corrected chi connectivity index (χ0v) is 5.59. The smallest absolute Gasteiger partial charge is 0.280 e. The normalized spacial score (nSPS) is 35.3. The van der Waals surface area contributed by atoms with Gasteiger partial charge in [-0.25, -0.2) is 0 Å². The third-order valence-corrected chi connectivity index (χ3v) is 1.33.